The fourth-order valence-corrected chi connectivity index (χ4v) is 1.90. The molecule has 92 valence electrons. The SMILES string of the molecule is O=C(O)C(c1ccc(F)c(F)c1)C(O)C1CC1. The van der Waals surface area contributed by atoms with E-state index in [0.29, 0.717) is 0 Å². The lowest BCUT2D eigenvalue weighted by atomic mass is 9.90. The van der Waals surface area contributed by atoms with Gasteiger partial charge in [-0.1, -0.05) is 6.07 Å². The molecular weight excluding hydrogens is 230 g/mol. The summed E-state index contributed by atoms with van der Waals surface area (Å²) in [4.78, 5) is 11.1. The van der Waals surface area contributed by atoms with E-state index in [1.807, 2.05) is 0 Å². The second-order valence-electron chi connectivity index (χ2n) is 4.32. The van der Waals surface area contributed by atoms with E-state index in [4.69, 9.17) is 5.11 Å². The third kappa shape index (κ3) is 2.44. The van der Waals surface area contributed by atoms with E-state index in [-0.39, 0.29) is 11.5 Å². The Labute approximate surface area is 96.7 Å². The molecule has 1 aliphatic rings. The van der Waals surface area contributed by atoms with Crippen LogP contribution >= 0.6 is 0 Å². The first-order valence-electron chi connectivity index (χ1n) is 5.36. The van der Waals surface area contributed by atoms with Crippen LogP contribution in [0, 0.1) is 17.6 Å². The Morgan fingerprint density at radius 1 is 1.29 bits per heavy atom. The minimum Gasteiger partial charge on any atom is -0.481 e. The Balaban J connectivity index is 2.31. The highest BCUT2D eigenvalue weighted by atomic mass is 19.2. The third-order valence-electron chi connectivity index (χ3n) is 3.02. The van der Waals surface area contributed by atoms with Gasteiger partial charge in [0.15, 0.2) is 11.6 Å². The quantitative estimate of drug-likeness (QED) is 0.847. The molecule has 5 heteroatoms. The fraction of sp³-hybridized carbons (Fsp3) is 0.417. The number of hydrogen-bond acceptors (Lipinski definition) is 2. The predicted molar refractivity (Wildman–Crippen MR) is 55.5 cm³/mol. The summed E-state index contributed by atoms with van der Waals surface area (Å²) < 4.78 is 25.8. The standard InChI is InChI=1S/C12H12F2O3/c13-8-4-3-7(5-9(8)14)10(12(16)17)11(15)6-1-2-6/h3-6,10-11,15H,1-2H2,(H,16,17). The number of carboxylic acids is 1. The van der Waals surface area contributed by atoms with Crippen LogP contribution in [0.3, 0.4) is 0 Å². The van der Waals surface area contributed by atoms with Gasteiger partial charge >= 0.3 is 5.97 Å². The van der Waals surface area contributed by atoms with Gasteiger partial charge in [0.1, 0.15) is 5.92 Å². The van der Waals surface area contributed by atoms with Crippen molar-refractivity contribution >= 4 is 5.97 Å². The van der Waals surface area contributed by atoms with E-state index in [1.165, 1.54) is 6.07 Å². The van der Waals surface area contributed by atoms with Crippen molar-refractivity contribution in [3.63, 3.8) is 0 Å². The van der Waals surface area contributed by atoms with E-state index < -0.39 is 29.6 Å². The number of carboxylic acid groups (broad SMARTS) is 1. The van der Waals surface area contributed by atoms with Crippen molar-refractivity contribution in [2.75, 3.05) is 0 Å². The van der Waals surface area contributed by atoms with Crippen molar-refractivity contribution in [1.29, 1.82) is 0 Å². The Morgan fingerprint density at radius 2 is 1.94 bits per heavy atom. The molecule has 1 aromatic carbocycles. The molecule has 0 saturated heterocycles. The molecule has 2 unspecified atom stereocenters. The number of carbonyl (C=O) groups is 1. The maximum atomic E-state index is 13.0. The highest BCUT2D eigenvalue weighted by molar-refractivity contribution is 5.77. The third-order valence-corrected chi connectivity index (χ3v) is 3.02. The molecule has 0 aliphatic heterocycles. The van der Waals surface area contributed by atoms with E-state index in [9.17, 15) is 18.7 Å². The summed E-state index contributed by atoms with van der Waals surface area (Å²) in [6.45, 7) is 0. The van der Waals surface area contributed by atoms with Gasteiger partial charge in [-0.2, -0.15) is 0 Å². The summed E-state index contributed by atoms with van der Waals surface area (Å²) in [5.74, 6) is -4.60. The topological polar surface area (TPSA) is 57.5 Å². The highest BCUT2D eigenvalue weighted by Crippen LogP contribution is 2.39. The maximum absolute atomic E-state index is 13.0. The summed E-state index contributed by atoms with van der Waals surface area (Å²) >= 11 is 0. The first-order valence-corrected chi connectivity index (χ1v) is 5.36. The number of aliphatic hydroxyl groups excluding tert-OH is 1. The molecule has 3 nitrogen and oxygen atoms in total. The molecule has 1 saturated carbocycles. The van der Waals surface area contributed by atoms with Crippen LogP contribution in [0.25, 0.3) is 0 Å². The smallest absolute Gasteiger partial charge is 0.313 e. The molecule has 0 bridgehead atoms. The van der Waals surface area contributed by atoms with Crippen LogP contribution in [0.15, 0.2) is 18.2 Å². The number of aliphatic hydroxyl groups is 1. The Kier molecular flexibility index (Phi) is 3.11. The van der Waals surface area contributed by atoms with E-state index in [1.54, 1.807) is 0 Å². The average molecular weight is 242 g/mol. The number of benzene rings is 1. The largest absolute Gasteiger partial charge is 0.481 e. The number of aliphatic carboxylic acids is 1. The molecule has 1 fully saturated rings. The van der Waals surface area contributed by atoms with E-state index in [2.05, 4.69) is 0 Å². The Morgan fingerprint density at radius 3 is 2.41 bits per heavy atom. The fourth-order valence-electron chi connectivity index (χ4n) is 1.90. The zero-order chi connectivity index (χ0) is 12.6. The van der Waals surface area contributed by atoms with Crippen molar-refractivity contribution in [2.45, 2.75) is 24.9 Å². The minimum atomic E-state index is -1.23. The molecular formula is C12H12F2O3. The van der Waals surface area contributed by atoms with Gasteiger partial charge in [0.25, 0.3) is 0 Å². The second-order valence-corrected chi connectivity index (χ2v) is 4.32. The van der Waals surface area contributed by atoms with Gasteiger partial charge in [0.2, 0.25) is 0 Å². The molecule has 0 radical (unpaired) electrons. The normalized spacial score (nSPS) is 18.8. The van der Waals surface area contributed by atoms with Gasteiger partial charge in [0, 0.05) is 0 Å². The average Bonchev–Trinajstić information content (AvgIpc) is 3.06. The zero-order valence-electron chi connectivity index (χ0n) is 8.94. The van der Waals surface area contributed by atoms with Gasteiger partial charge in [-0.25, -0.2) is 8.78 Å². The van der Waals surface area contributed by atoms with Crippen molar-refractivity contribution in [3.05, 3.63) is 35.4 Å². The molecule has 0 aromatic heterocycles. The summed E-state index contributed by atoms with van der Waals surface area (Å²) in [6.07, 6.45) is 0.501. The highest BCUT2D eigenvalue weighted by Gasteiger charge is 2.39. The van der Waals surface area contributed by atoms with Crippen LogP contribution in [0.2, 0.25) is 0 Å². The van der Waals surface area contributed by atoms with Gasteiger partial charge in [0.05, 0.1) is 6.10 Å². The van der Waals surface area contributed by atoms with Crippen LogP contribution in [-0.2, 0) is 4.79 Å². The molecule has 2 rings (SSSR count). The van der Waals surface area contributed by atoms with Gasteiger partial charge in [-0.15, -0.1) is 0 Å². The summed E-state index contributed by atoms with van der Waals surface area (Å²) in [7, 11) is 0. The van der Waals surface area contributed by atoms with Crippen LogP contribution < -0.4 is 0 Å². The van der Waals surface area contributed by atoms with E-state index >= 15 is 0 Å². The molecule has 17 heavy (non-hydrogen) atoms. The second kappa shape index (κ2) is 4.41. The molecule has 1 aliphatic carbocycles. The maximum Gasteiger partial charge on any atom is 0.313 e. The minimum absolute atomic E-state index is 0.0517. The number of hydrogen-bond donors (Lipinski definition) is 2. The lowest BCUT2D eigenvalue weighted by Crippen LogP contribution is -2.27. The predicted octanol–water partition coefficient (Wildman–Crippen LogP) is 1.90. The van der Waals surface area contributed by atoms with Gasteiger partial charge in [-0.3, -0.25) is 4.79 Å². The Bertz CT molecular complexity index is 443. The Hall–Kier alpha value is -1.49. The van der Waals surface area contributed by atoms with Crippen LogP contribution in [0.5, 0.6) is 0 Å². The van der Waals surface area contributed by atoms with Crippen LogP contribution in [0.1, 0.15) is 24.3 Å². The monoisotopic (exact) mass is 242 g/mol. The molecule has 2 N–H and O–H groups in total. The first kappa shape index (κ1) is 12.0. The van der Waals surface area contributed by atoms with Gasteiger partial charge < -0.3 is 10.2 Å². The van der Waals surface area contributed by atoms with Crippen molar-refractivity contribution < 1.29 is 23.8 Å². The lowest BCUT2D eigenvalue weighted by molar-refractivity contribution is -0.142. The van der Waals surface area contributed by atoms with Crippen molar-refractivity contribution in [1.82, 2.24) is 0 Å². The molecule has 1 aromatic rings. The molecule has 0 heterocycles. The molecule has 0 amide bonds. The molecule has 0 spiro atoms. The molecule has 2 atom stereocenters. The van der Waals surface area contributed by atoms with Crippen molar-refractivity contribution in [3.8, 4) is 0 Å². The summed E-state index contributed by atoms with van der Waals surface area (Å²) in [5, 5.41) is 18.9. The first-order chi connectivity index (χ1) is 8.00. The zero-order valence-corrected chi connectivity index (χ0v) is 8.94. The number of rotatable bonds is 4. The lowest BCUT2D eigenvalue weighted by Gasteiger charge is -2.19. The van der Waals surface area contributed by atoms with Crippen molar-refractivity contribution in [2.24, 2.45) is 5.92 Å². The summed E-state index contributed by atoms with van der Waals surface area (Å²) in [5.41, 5.74) is 0.0933. The van der Waals surface area contributed by atoms with Crippen LogP contribution in [0.4, 0.5) is 8.78 Å². The number of halogens is 2. The van der Waals surface area contributed by atoms with Crippen LogP contribution in [-0.4, -0.2) is 22.3 Å². The van der Waals surface area contributed by atoms with Gasteiger partial charge in [-0.05, 0) is 36.5 Å². The summed E-state index contributed by atoms with van der Waals surface area (Å²) in [6, 6.07) is 2.91. The van der Waals surface area contributed by atoms with E-state index in [0.717, 1.165) is 25.0 Å².